The van der Waals surface area contributed by atoms with Gasteiger partial charge >= 0.3 is 0 Å². The van der Waals surface area contributed by atoms with E-state index in [9.17, 15) is 4.79 Å². The van der Waals surface area contributed by atoms with Crippen LogP contribution < -0.4 is 11.1 Å². The standard InChI is InChI=1S/C13H29N3O2/c1-10(2)16(11(3)4)7-6-15-13(17)8-12(9-14)18-5/h10-12H,6-9,14H2,1-5H3,(H,15,17). The molecule has 0 fully saturated rings. The Morgan fingerprint density at radius 2 is 1.83 bits per heavy atom. The monoisotopic (exact) mass is 259 g/mol. The quantitative estimate of drug-likeness (QED) is 0.636. The first-order valence-electron chi connectivity index (χ1n) is 6.67. The van der Waals surface area contributed by atoms with Crippen LogP contribution in [0.2, 0.25) is 0 Å². The van der Waals surface area contributed by atoms with Crippen molar-refractivity contribution in [1.29, 1.82) is 0 Å². The van der Waals surface area contributed by atoms with Crippen molar-refractivity contribution in [1.82, 2.24) is 10.2 Å². The molecule has 0 heterocycles. The van der Waals surface area contributed by atoms with E-state index in [1.807, 2.05) is 0 Å². The molecule has 1 amide bonds. The van der Waals surface area contributed by atoms with E-state index in [2.05, 4.69) is 37.9 Å². The number of methoxy groups -OCH3 is 1. The lowest BCUT2D eigenvalue weighted by atomic mass is 10.2. The summed E-state index contributed by atoms with van der Waals surface area (Å²) in [6.45, 7) is 10.5. The van der Waals surface area contributed by atoms with Gasteiger partial charge in [0.15, 0.2) is 0 Å². The normalized spacial score (nSPS) is 13.4. The van der Waals surface area contributed by atoms with Gasteiger partial charge in [-0.3, -0.25) is 9.69 Å². The van der Waals surface area contributed by atoms with Gasteiger partial charge in [-0.25, -0.2) is 0 Å². The smallest absolute Gasteiger partial charge is 0.222 e. The lowest BCUT2D eigenvalue weighted by Crippen LogP contribution is -2.43. The van der Waals surface area contributed by atoms with E-state index in [-0.39, 0.29) is 12.0 Å². The molecule has 1 unspecified atom stereocenters. The van der Waals surface area contributed by atoms with E-state index in [1.54, 1.807) is 7.11 Å². The highest BCUT2D eigenvalue weighted by atomic mass is 16.5. The van der Waals surface area contributed by atoms with Gasteiger partial charge in [0.2, 0.25) is 5.91 Å². The van der Waals surface area contributed by atoms with Gasteiger partial charge in [-0.05, 0) is 27.7 Å². The Morgan fingerprint density at radius 3 is 2.22 bits per heavy atom. The van der Waals surface area contributed by atoms with Crippen molar-refractivity contribution >= 4 is 5.91 Å². The third kappa shape index (κ3) is 6.93. The average Bonchev–Trinajstić information content (AvgIpc) is 2.30. The molecule has 0 aliphatic rings. The molecular formula is C13H29N3O2. The number of ether oxygens (including phenoxy) is 1. The second-order valence-electron chi connectivity index (χ2n) is 5.07. The number of rotatable bonds is 9. The van der Waals surface area contributed by atoms with Crippen LogP contribution >= 0.6 is 0 Å². The van der Waals surface area contributed by atoms with Gasteiger partial charge in [-0.1, -0.05) is 0 Å². The highest BCUT2D eigenvalue weighted by molar-refractivity contribution is 5.76. The van der Waals surface area contributed by atoms with Crippen molar-refractivity contribution < 1.29 is 9.53 Å². The van der Waals surface area contributed by atoms with Crippen molar-refractivity contribution in [2.75, 3.05) is 26.7 Å². The maximum absolute atomic E-state index is 11.6. The first-order valence-corrected chi connectivity index (χ1v) is 6.67. The molecule has 0 aliphatic heterocycles. The molecule has 0 aliphatic carbocycles. The molecule has 0 aromatic carbocycles. The van der Waals surface area contributed by atoms with E-state index >= 15 is 0 Å². The summed E-state index contributed by atoms with van der Waals surface area (Å²) in [5.41, 5.74) is 5.47. The number of carbonyl (C=O) groups is 1. The van der Waals surface area contributed by atoms with Crippen molar-refractivity contribution in [2.45, 2.75) is 52.3 Å². The number of carbonyl (C=O) groups excluding carboxylic acids is 1. The zero-order valence-corrected chi connectivity index (χ0v) is 12.4. The Kier molecular flexibility index (Phi) is 8.97. The molecule has 108 valence electrons. The molecule has 0 aromatic rings. The van der Waals surface area contributed by atoms with Crippen LogP contribution in [0.1, 0.15) is 34.1 Å². The zero-order valence-electron chi connectivity index (χ0n) is 12.4. The molecule has 1 atom stereocenters. The minimum Gasteiger partial charge on any atom is -0.380 e. The van der Waals surface area contributed by atoms with E-state index in [0.29, 0.717) is 31.6 Å². The first kappa shape index (κ1) is 17.4. The fraction of sp³-hybridized carbons (Fsp3) is 0.923. The maximum Gasteiger partial charge on any atom is 0.222 e. The average molecular weight is 259 g/mol. The molecule has 5 heteroatoms. The van der Waals surface area contributed by atoms with Crippen LogP contribution in [0.15, 0.2) is 0 Å². The molecule has 0 aromatic heterocycles. The largest absolute Gasteiger partial charge is 0.380 e. The van der Waals surface area contributed by atoms with Crippen molar-refractivity contribution in [3.8, 4) is 0 Å². The highest BCUT2D eigenvalue weighted by Gasteiger charge is 2.14. The predicted octanol–water partition coefficient (Wildman–Crippen LogP) is 0.585. The van der Waals surface area contributed by atoms with Gasteiger partial charge in [-0.2, -0.15) is 0 Å². The Morgan fingerprint density at radius 1 is 1.28 bits per heavy atom. The molecule has 5 nitrogen and oxygen atoms in total. The van der Waals surface area contributed by atoms with Crippen LogP contribution in [0, 0.1) is 0 Å². The van der Waals surface area contributed by atoms with E-state index in [1.165, 1.54) is 0 Å². The highest BCUT2D eigenvalue weighted by Crippen LogP contribution is 2.03. The summed E-state index contributed by atoms with van der Waals surface area (Å²) in [4.78, 5) is 14.0. The van der Waals surface area contributed by atoms with E-state index in [0.717, 1.165) is 6.54 Å². The molecule has 0 bridgehead atoms. The molecule has 0 saturated carbocycles. The van der Waals surface area contributed by atoms with E-state index in [4.69, 9.17) is 10.5 Å². The first-order chi connectivity index (χ1) is 8.42. The molecule has 0 rings (SSSR count). The molecule has 3 N–H and O–H groups in total. The van der Waals surface area contributed by atoms with Crippen LogP contribution in [0.5, 0.6) is 0 Å². The van der Waals surface area contributed by atoms with Crippen LogP contribution in [0.25, 0.3) is 0 Å². The third-order valence-corrected chi connectivity index (χ3v) is 3.03. The fourth-order valence-corrected chi connectivity index (χ4v) is 1.98. The van der Waals surface area contributed by atoms with Crippen LogP contribution in [0.4, 0.5) is 0 Å². The van der Waals surface area contributed by atoms with Crippen LogP contribution in [-0.2, 0) is 9.53 Å². The minimum absolute atomic E-state index is 0.000220. The maximum atomic E-state index is 11.6. The van der Waals surface area contributed by atoms with Crippen LogP contribution in [0.3, 0.4) is 0 Å². The predicted molar refractivity (Wildman–Crippen MR) is 74.5 cm³/mol. The lowest BCUT2D eigenvalue weighted by molar-refractivity contribution is -0.123. The summed E-state index contributed by atoms with van der Waals surface area (Å²) >= 11 is 0. The number of hydrogen-bond acceptors (Lipinski definition) is 4. The Bertz CT molecular complexity index is 220. The second-order valence-corrected chi connectivity index (χ2v) is 5.07. The molecule has 18 heavy (non-hydrogen) atoms. The summed E-state index contributed by atoms with van der Waals surface area (Å²) in [6.07, 6.45) is 0.146. The Balaban J connectivity index is 3.92. The summed E-state index contributed by atoms with van der Waals surface area (Å²) in [7, 11) is 1.57. The second kappa shape index (κ2) is 9.30. The van der Waals surface area contributed by atoms with Gasteiger partial charge in [0.1, 0.15) is 0 Å². The van der Waals surface area contributed by atoms with E-state index < -0.39 is 0 Å². The Labute approximate surface area is 111 Å². The minimum atomic E-state index is -0.184. The topological polar surface area (TPSA) is 67.6 Å². The zero-order chi connectivity index (χ0) is 14.1. The van der Waals surface area contributed by atoms with Gasteiger partial charge in [-0.15, -0.1) is 0 Å². The van der Waals surface area contributed by atoms with Crippen molar-refractivity contribution in [3.05, 3.63) is 0 Å². The summed E-state index contributed by atoms with van der Waals surface area (Å²) in [5, 5.41) is 2.91. The van der Waals surface area contributed by atoms with Gasteiger partial charge in [0, 0.05) is 38.8 Å². The lowest BCUT2D eigenvalue weighted by Gasteiger charge is -2.30. The van der Waals surface area contributed by atoms with Gasteiger partial charge < -0.3 is 15.8 Å². The van der Waals surface area contributed by atoms with Crippen LogP contribution in [-0.4, -0.2) is 55.7 Å². The Hall–Kier alpha value is -0.650. The number of nitrogens with zero attached hydrogens (tertiary/aromatic N) is 1. The summed E-state index contributed by atoms with van der Waals surface area (Å²) < 4.78 is 5.08. The van der Waals surface area contributed by atoms with Crippen molar-refractivity contribution in [3.63, 3.8) is 0 Å². The number of hydrogen-bond donors (Lipinski definition) is 2. The number of nitrogens with two attached hydrogens (primary N) is 1. The van der Waals surface area contributed by atoms with Gasteiger partial charge in [0.05, 0.1) is 12.5 Å². The molecular weight excluding hydrogens is 230 g/mol. The molecule has 0 saturated heterocycles. The number of amides is 1. The van der Waals surface area contributed by atoms with Gasteiger partial charge in [0.25, 0.3) is 0 Å². The number of nitrogens with one attached hydrogen (secondary N) is 1. The fourth-order valence-electron chi connectivity index (χ4n) is 1.98. The third-order valence-electron chi connectivity index (χ3n) is 3.03. The van der Waals surface area contributed by atoms with Crippen molar-refractivity contribution in [2.24, 2.45) is 5.73 Å². The summed E-state index contributed by atoms with van der Waals surface area (Å²) in [6, 6.07) is 0.968. The summed E-state index contributed by atoms with van der Waals surface area (Å²) in [5.74, 6) is -0.000220. The molecule has 0 spiro atoms. The SMILES string of the molecule is COC(CN)CC(=O)NCCN(C(C)C)C(C)C. The molecule has 0 radical (unpaired) electrons.